The van der Waals surface area contributed by atoms with E-state index in [0.29, 0.717) is 6.54 Å². The highest BCUT2D eigenvalue weighted by Gasteiger charge is 2.26. The van der Waals surface area contributed by atoms with Crippen molar-refractivity contribution in [3.05, 3.63) is 93.8 Å². The molecule has 29 heavy (non-hydrogen) atoms. The van der Waals surface area contributed by atoms with E-state index < -0.39 is 0 Å². The van der Waals surface area contributed by atoms with Crippen LogP contribution in [0.4, 0.5) is 0 Å². The van der Waals surface area contributed by atoms with E-state index in [1.165, 1.54) is 46.4 Å². The van der Waals surface area contributed by atoms with Crippen molar-refractivity contribution in [3.8, 4) is 0 Å². The first kappa shape index (κ1) is 19.5. The van der Waals surface area contributed by atoms with Crippen LogP contribution in [0.1, 0.15) is 56.8 Å². The molecule has 1 N–H and O–H groups in total. The third-order valence-electron chi connectivity index (χ3n) is 6.06. The van der Waals surface area contributed by atoms with Crippen LogP contribution >= 0.6 is 0 Å². The van der Waals surface area contributed by atoms with Gasteiger partial charge in [-0.15, -0.1) is 0 Å². The Bertz CT molecular complexity index is 984. The zero-order valence-corrected chi connectivity index (χ0v) is 17.5. The topological polar surface area (TPSA) is 34.0 Å². The number of nitrogens with zero attached hydrogens (tertiary/aromatic N) is 1. The second kappa shape index (κ2) is 8.69. The molecular weight excluding hydrogens is 356 g/mol. The highest BCUT2D eigenvalue weighted by atomic mass is 16.1. The minimum atomic E-state index is 0.0555. The van der Waals surface area contributed by atoms with Gasteiger partial charge in [0.1, 0.15) is 5.69 Å². The van der Waals surface area contributed by atoms with Crippen molar-refractivity contribution >= 4 is 5.91 Å². The maximum absolute atomic E-state index is 13.2. The van der Waals surface area contributed by atoms with Crippen molar-refractivity contribution in [3.63, 3.8) is 0 Å². The van der Waals surface area contributed by atoms with E-state index >= 15 is 0 Å². The Morgan fingerprint density at radius 3 is 2.41 bits per heavy atom. The summed E-state index contributed by atoms with van der Waals surface area (Å²) >= 11 is 0. The van der Waals surface area contributed by atoms with Crippen LogP contribution in [0.3, 0.4) is 0 Å². The molecule has 1 heterocycles. The summed E-state index contributed by atoms with van der Waals surface area (Å²) in [4.78, 5) is 13.2. The molecule has 3 nitrogen and oxygen atoms in total. The Balaban J connectivity index is 1.58. The third-order valence-corrected chi connectivity index (χ3v) is 6.06. The Hall–Kier alpha value is -2.81. The molecule has 2 aromatic carbocycles. The normalized spacial score (nSPS) is 13.2. The number of amides is 1. The fourth-order valence-electron chi connectivity index (χ4n) is 4.46. The van der Waals surface area contributed by atoms with Crippen molar-refractivity contribution < 1.29 is 4.79 Å². The summed E-state index contributed by atoms with van der Waals surface area (Å²) in [6.07, 6.45) is 5.44. The number of carbonyl (C=O) groups excluding carboxylic acids is 1. The lowest BCUT2D eigenvalue weighted by molar-refractivity contribution is 0.0944. The minimum Gasteiger partial charge on any atom is -0.350 e. The van der Waals surface area contributed by atoms with E-state index in [9.17, 15) is 4.79 Å². The lowest BCUT2D eigenvalue weighted by Crippen LogP contribution is -2.29. The van der Waals surface area contributed by atoms with Gasteiger partial charge in [0.2, 0.25) is 0 Å². The molecule has 0 saturated heterocycles. The first-order chi connectivity index (χ1) is 14.1. The van der Waals surface area contributed by atoms with Gasteiger partial charge in [-0.05, 0) is 68.2 Å². The van der Waals surface area contributed by atoms with E-state index in [2.05, 4.69) is 60.1 Å². The highest BCUT2D eigenvalue weighted by molar-refractivity contribution is 5.95. The zero-order chi connectivity index (χ0) is 20.2. The molecule has 150 valence electrons. The fraction of sp³-hybridized carbons (Fsp3) is 0.346. The maximum atomic E-state index is 13.2. The molecule has 1 aromatic heterocycles. The predicted molar refractivity (Wildman–Crippen MR) is 119 cm³/mol. The average Bonchev–Trinajstić information content (AvgIpc) is 3.02. The molecule has 0 bridgehead atoms. The number of hydrogen-bond donors (Lipinski definition) is 1. The van der Waals surface area contributed by atoms with Crippen LogP contribution in [-0.4, -0.2) is 17.0 Å². The van der Waals surface area contributed by atoms with Gasteiger partial charge in [0.25, 0.3) is 5.91 Å². The Morgan fingerprint density at radius 1 is 0.931 bits per heavy atom. The van der Waals surface area contributed by atoms with Crippen LogP contribution in [0.2, 0.25) is 0 Å². The van der Waals surface area contributed by atoms with Gasteiger partial charge in [0.15, 0.2) is 0 Å². The molecule has 0 aliphatic heterocycles. The van der Waals surface area contributed by atoms with Crippen molar-refractivity contribution in [2.75, 3.05) is 6.54 Å². The van der Waals surface area contributed by atoms with Gasteiger partial charge in [-0.2, -0.15) is 0 Å². The summed E-state index contributed by atoms with van der Waals surface area (Å²) in [7, 11) is 0. The smallest absolute Gasteiger partial charge is 0.268 e. The standard InChI is InChI=1S/C26H30N2O/c1-19-12-14-22(15-13-19)18-28-24-11-7-6-10-23(24)20(2)25(28)26(29)27-17-16-21-8-4-3-5-9-21/h3-5,8-9,12-15H,6-7,10-11,16-18H2,1-2H3,(H,27,29). The number of benzene rings is 2. The van der Waals surface area contributed by atoms with E-state index in [4.69, 9.17) is 0 Å². The van der Waals surface area contributed by atoms with Gasteiger partial charge in [0.05, 0.1) is 0 Å². The molecule has 0 spiro atoms. The lowest BCUT2D eigenvalue weighted by atomic mass is 9.95. The molecule has 1 aliphatic carbocycles. The number of aromatic nitrogens is 1. The molecule has 0 saturated carbocycles. The number of aryl methyl sites for hydroxylation is 1. The molecule has 0 atom stereocenters. The van der Waals surface area contributed by atoms with Crippen LogP contribution in [0.25, 0.3) is 0 Å². The van der Waals surface area contributed by atoms with Crippen LogP contribution < -0.4 is 5.32 Å². The lowest BCUT2D eigenvalue weighted by Gasteiger charge is -2.17. The Kier molecular flexibility index (Phi) is 5.84. The molecular formula is C26H30N2O. The summed E-state index contributed by atoms with van der Waals surface area (Å²) in [5, 5.41) is 3.17. The first-order valence-electron chi connectivity index (χ1n) is 10.7. The summed E-state index contributed by atoms with van der Waals surface area (Å²) in [6.45, 7) is 5.65. The number of nitrogens with one attached hydrogen (secondary N) is 1. The molecule has 0 radical (unpaired) electrons. The van der Waals surface area contributed by atoms with Crippen molar-refractivity contribution in [1.82, 2.24) is 9.88 Å². The van der Waals surface area contributed by atoms with Crippen LogP contribution in [0.15, 0.2) is 54.6 Å². The largest absolute Gasteiger partial charge is 0.350 e. The van der Waals surface area contributed by atoms with Gasteiger partial charge in [-0.25, -0.2) is 0 Å². The monoisotopic (exact) mass is 386 g/mol. The quantitative estimate of drug-likeness (QED) is 0.635. The number of carbonyl (C=O) groups is 1. The maximum Gasteiger partial charge on any atom is 0.268 e. The second-order valence-corrected chi connectivity index (χ2v) is 8.17. The zero-order valence-electron chi connectivity index (χ0n) is 17.5. The highest BCUT2D eigenvalue weighted by Crippen LogP contribution is 2.30. The molecule has 1 aliphatic rings. The first-order valence-corrected chi connectivity index (χ1v) is 10.7. The van der Waals surface area contributed by atoms with Gasteiger partial charge in [-0.1, -0.05) is 60.2 Å². The molecule has 3 heteroatoms. The molecule has 0 fully saturated rings. The number of rotatable bonds is 6. The second-order valence-electron chi connectivity index (χ2n) is 8.17. The van der Waals surface area contributed by atoms with Crippen LogP contribution in [0.5, 0.6) is 0 Å². The predicted octanol–water partition coefficient (Wildman–Crippen LogP) is 5.00. The summed E-state index contributed by atoms with van der Waals surface area (Å²) in [5.74, 6) is 0.0555. The van der Waals surface area contributed by atoms with Crippen molar-refractivity contribution in [1.29, 1.82) is 0 Å². The third kappa shape index (κ3) is 4.29. The summed E-state index contributed by atoms with van der Waals surface area (Å²) in [5.41, 5.74) is 8.54. The van der Waals surface area contributed by atoms with Gasteiger partial charge in [-0.3, -0.25) is 4.79 Å². The van der Waals surface area contributed by atoms with Crippen molar-refractivity contribution in [2.45, 2.75) is 52.5 Å². The van der Waals surface area contributed by atoms with E-state index in [1.54, 1.807) is 0 Å². The summed E-state index contributed by atoms with van der Waals surface area (Å²) < 4.78 is 2.28. The SMILES string of the molecule is Cc1ccc(Cn2c3c(c(C)c2C(=O)NCCc2ccccc2)CCCC3)cc1. The number of fused-ring (bicyclic) bond motifs is 1. The fourth-order valence-corrected chi connectivity index (χ4v) is 4.46. The van der Waals surface area contributed by atoms with Gasteiger partial charge >= 0.3 is 0 Å². The minimum absolute atomic E-state index is 0.0555. The van der Waals surface area contributed by atoms with Gasteiger partial charge < -0.3 is 9.88 Å². The van der Waals surface area contributed by atoms with Crippen molar-refractivity contribution in [2.24, 2.45) is 0 Å². The van der Waals surface area contributed by atoms with Crippen LogP contribution in [0, 0.1) is 13.8 Å². The number of hydrogen-bond acceptors (Lipinski definition) is 1. The van der Waals surface area contributed by atoms with Gasteiger partial charge in [0, 0.05) is 18.8 Å². The molecule has 1 amide bonds. The average molecular weight is 387 g/mol. The molecule has 0 unspecified atom stereocenters. The van der Waals surface area contributed by atoms with E-state index in [1.807, 2.05) is 18.2 Å². The Morgan fingerprint density at radius 2 is 1.66 bits per heavy atom. The van der Waals surface area contributed by atoms with E-state index in [-0.39, 0.29) is 5.91 Å². The Labute approximate surface area is 173 Å². The molecule has 4 rings (SSSR count). The van der Waals surface area contributed by atoms with E-state index in [0.717, 1.165) is 31.5 Å². The summed E-state index contributed by atoms with van der Waals surface area (Å²) in [6, 6.07) is 19.0. The van der Waals surface area contributed by atoms with Crippen LogP contribution in [-0.2, 0) is 25.8 Å². The molecule has 3 aromatic rings.